The molecule has 1 N–H and O–H groups in total. The predicted octanol–water partition coefficient (Wildman–Crippen LogP) is -0.214. The van der Waals surface area contributed by atoms with E-state index in [1.807, 2.05) is 6.92 Å². The summed E-state index contributed by atoms with van der Waals surface area (Å²) in [5.74, 6) is -1.90. The number of likely N-dealkylation sites (N-methyl/N-ethyl adjacent to an activating group) is 2. The molecule has 2 atom stereocenters. The van der Waals surface area contributed by atoms with E-state index in [2.05, 4.69) is 0 Å². The van der Waals surface area contributed by atoms with E-state index in [-0.39, 0.29) is 24.8 Å². The number of aliphatic carboxylic acids is 1. The molecular formula is C11H18N2O4. The van der Waals surface area contributed by atoms with Gasteiger partial charge in [-0.1, -0.05) is 13.8 Å². The van der Waals surface area contributed by atoms with E-state index in [9.17, 15) is 14.4 Å². The summed E-state index contributed by atoms with van der Waals surface area (Å²) in [5.41, 5.74) is 0. The summed E-state index contributed by atoms with van der Waals surface area (Å²) in [4.78, 5) is 36.8. The Morgan fingerprint density at radius 2 is 2.18 bits per heavy atom. The summed E-state index contributed by atoms with van der Waals surface area (Å²) in [5, 5.41) is 8.85. The van der Waals surface area contributed by atoms with Gasteiger partial charge in [0.05, 0.1) is 18.4 Å². The molecule has 0 radical (unpaired) electrons. The molecule has 2 unspecified atom stereocenters. The zero-order valence-corrected chi connectivity index (χ0v) is 10.3. The van der Waals surface area contributed by atoms with Gasteiger partial charge in [0.25, 0.3) is 0 Å². The molecule has 1 saturated heterocycles. The summed E-state index contributed by atoms with van der Waals surface area (Å²) in [6, 6.07) is -0.501. The average molecular weight is 242 g/mol. The topological polar surface area (TPSA) is 77.9 Å². The molecule has 0 bridgehead atoms. The van der Waals surface area contributed by atoms with Gasteiger partial charge in [-0.2, -0.15) is 0 Å². The second-order valence-electron chi connectivity index (χ2n) is 4.34. The Morgan fingerprint density at radius 3 is 2.53 bits per heavy atom. The number of imide groups is 1. The quantitative estimate of drug-likeness (QED) is 0.675. The molecule has 1 aliphatic rings. The minimum atomic E-state index is -0.895. The van der Waals surface area contributed by atoms with Gasteiger partial charge in [0.1, 0.15) is 0 Å². The van der Waals surface area contributed by atoms with Crippen molar-refractivity contribution < 1.29 is 19.5 Å². The molecule has 1 aliphatic heterocycles. The Balaban J connectivity index is 2.72. The van der Waals surface area contributed by atoms with Crippen LogP contribution in [0.15, 0.2) is 0 Å². The largest absolute Gasteiger partial charge is 0.481 e. The van der Waals surface area contributed by atoms with Gasteiger partial charge < -0.3 is 5.11 Å². The summed E-state index contributed by atoms with van der Waals surface area (Å²) >= 11 is 0. The van der Waals surface area contributed by atoms with Crippen LogP contribution in [0.1, 0.15) is 20.3 Å². The van der Waals surface area contributed by atoms with Crippen LogP contribution >= 0.6 is 0 Å². The van der Waals surface area contributed by atoms with Gasteiger partial charge in [0.2, 0.25) is 11.8 Å². The van der Waals surface area contributed by atoms with E-state index in [1.54, 1.807) is 11.8 Å². The fourth-order valence-electron chi connectivity index (χ4n) is 1.93. The van der Waals surface area contributed by atoms with Crippen LogP contribution in [0.5, 0.6) is 0 Å². The lowest BCUT2D eigenvalue weighted by Crippen LogP contribution is -2.44. The first-order valence-corrected chi connectivity index (χ1v) is 5.65. The van der Waals surface area contributed by atoms with Gasteiger partial charge in [0, 0.05) is 13.6 Å². The third-order valence-corrected chi connectivity index (χ3v) is 3.13. The Bertz CT molecular complexity index is 342. The summed E-state index contributed by atoms with van der Waals surface area (Å²) < 4.78 is 0. The van der Waals surface area contributed by atoms with Crippen molar-refractivity contribution >= 4 is 17.8 Å². The van der Waals surface area contributed by atoms with E-state index >= 15 is 0 Å². The van der Waals surface area contributed by atoms with E-state index in [0.717, 1.165) is 4.90 Å². The van der Waals surface area contributed by atoms with Crippen molar-refractivity contribution in [2.45, 2.75) is 26.3 Å². The molecule has 1 rings (SSSR count). The van der Waals surface area contributed by atoms with E-state index in [1.165, 1.54) is 7.05 Å². The van der Waals surface area contributed by atoms with Crippen LogP contribution in [-0.4, -0.2) is 58.9 Å². The SMILES string of the molecule is CCN(CC(C)C(=O)O)C1CC(=O)N(C)C1=O. The molecule has 6 nitrogen and oxygen atoms in total. The van der Waals surface area contributed by atoms with Crippen LogP contribution in [0.2, 0.25) is 0 Å². The van der Waals surface area contributed by atoms with E-state index in [0.29, 0.717) is 6.54 Å². The van der Waals surface area contributed by atoms with E-state index in [4.69, 9.17) is 5.11 Å². The fourth-order valence-corrected chi connectivity index (χ4v) is 1.93. The fraction of sp³-hybridized carbons (Fsp3) is 0.727. The molecule has 1 heterocycles. The first kappa shape index (κ1) is 13.6. The highest BCUT2D eigenvalue weighted by molar-refractivity contribution is 6.05. The first-order chi connectivity index (χ1) is 7.88. The molecule has 96 valence electrons. The Kier molecular flexibility index (Phi) is 4.22. The van der Waals surface area contributed by atoms with Gasteiger partial charge in [-0.3, -0.25) is 24.2 Å². The minimum Gasteiger partial charge on any atom is -0.481 e. The third kappa shape index (κ3) is 2.82. The van der Waals surface area contributed by atoms with Crippen LogP contribution in [0.4, 0.5) is 0 Å². The van der Waals surface area contributed by atoms with Crippen LogP contribution in [-0.2, 0) is 14.4 Å². The maximum absolute atomic E-state index is 11.8. The van der Waals surface area contributed by atoms with Crippen molar-refractivity contribution in [2.24, 2.45) is 5.92 Å². The van der Waals surface area contributed by atoms with Gasteiger partial charge in [-0.05, 0) is 6.54 Å². The molecular weight excluding hydrogens is 224 g/mol. The van der Waals surface area contributed by atoms with Crippen molar-refractivity contribution in [3.8, 4) is 0 Å². The first-order valence-electron chi connectivity index (χ1n) is 5.65. The standard InChI is InChI=1S/C11H18N2O4/c1-4-13(6-7(2)11(16)17)8-5-9(14)12(3)10(8)15/h7-8H,4-6H2,1-3H3,(H,16,17). The highest BCUT2D eigenvalue weighted by atomic mass is 16.4. The number of carboxylic acids is 1. The number of amides is 2. The van der Waals surface area contributed by atoms with Crippen molar-refractivity contribution in [3.05, 3.63) is 0 Å². The molecule has 0 saturated carbocycles. The van der Waals surface area contributed by atoms with Crippen LogP contribution in [0.25, 0.3) is 0 Å². The van der Waals surface area contributed by atoms with Crippen molar-refractivity contribution in [2.75, 3.05) is 20.1 Å². The average Bonchev–Trinajstić information content (AvgIpc) is 2.53. The highest BCUT2D eigenvalue weighted by Gasteiger charge is 2.39. The Hall–Kier alpha value is -1.43. The maximum Gasteiger partial charge on any atom is 0.307 e. The molecule has 0 aromatic rings. The molecule has 0 aliphatic carbocycles. The lowest BCUT2D eigenvalue weighted by atomic mass is 10.1. The maximum atomic E-state index is 11.8. The van der Waals surface area contributed by atoms with Crippen molar-refractivity contribution in [3.63, 3.8) is 0 Å². The molecule has 1 fully saturated rings. The Morgan fingerprint density at radius 1 is 1.59 bits per heavy atom. The zero-order valence-electron chi connectivity index (χ0n) is 10.3. The van der Waals surface area contributed by atoms with Crippen molar-refractivity contribution in [1.82, 2.24) is 9.80 Å². The minimum absolute atomic E-state index is 0.148. The number of carbonyl (C=O) groups is 3. The number of carbonyl (C=O) groups excluding carboxylic acids is 2. The van der Waals surface area contributed by atoms with Gasteiger partial charge in [0.15, 0.2) is 0 Å². The lowest BCUT2D eigenvalue weighted by molar-refractivity contribution is -0.143. The summed E-state index contributed by atoms with van der Waals surface area (Å²) in [7, 11) is 1.46. The third-order valence-electron chi connectivity index (χ3n) is 3.13. The molecule has 17 heavy (non-hydrogen) atoms. The molecule has 6 heteroatoms. The zero-order chi connectivity index (χ0) is 13.2. The Labute approximate surface area is 100 Å². The summed E-state index contributed by atoms with van der Waals surface area (Å²) in [6.45, 7) is 4.28. The van der Waals surface area contributed by atoms with Crippen molar-refractivity contribution in [1.29, 1.82) is 0 Å². The lowest BCUT2D eigenvalue weighted by Gasteiger charge is -2.26. The van der Waals surface area contributed by atoms with Gasteiger partial charge in [-0.15, -0.1) is 0 Å². The smallest absolute Gasteiger partial charge is 0.307 e. The number of rotatable bonds is 5. The molecule has 0 aromatic heterocycles. The van der Waals surface area contributed by atoms with E-state index < -0.39 is 17.9 Å². The molecule has 0 aromatic carbocycles. The normalized spacial score (nSPS) is 22.4. The van der Waals surface area contributed by atoms with Gasteiger partial charge in [-0.25, -0.2) is 0 Å². The number of likely N-dealkylation sites (tertiary alicyclic amines) is 1. The molecule has 0 spiro atoms. The van der Waals surface area contributed by atoms with Crippen LogP contribution in [0, 0.1) is 5.92 Å². The van der Waals surface area contributed by atoms with Crippen LogP contribution in [0.3, 0.4) is 0 Å². The predicted molar refractivity (Wildman–Crippen MR) is 60.2 cm³/mol. The second kappa shape index (κ2) is 5.27. The monoisotopic (exact) mass is 242 g/mol. The molecule has 2 amide bonds. The van der Waals surface area contributed by atoms with Gasteiger partial charge >= 0.3 is 5.97 Å². The second-order valence-corrected chi connectivity index (χ2v) is 4.34. The van der Waals surface area contributed by atoms with Crippen LogP contribution < -0.4 is 0 Å². The number of hydrogen-bond donors (Lipinski definition) is 1. The number of hydrogen-bond acceptors (Lipinski definition) is 4. The number of nitrogens with zero attached hydrogens (tertiary/aromatic N) is 2. The summed E-state index contributed by atoms with van der Waals surface area (Å²) in [6.07, 6.45) is 0.148. The number of carboxylic acid groups (broad SMARTS) is 1. The highest BCUT2D eigenvalue weighted by Crippen LogP contribution is 2.18.